The molecule has 0 heterocycles. The van der Waals surface area contributed by atoms with Crippen molar-refractivity contribution in [2.45, 2.75) is 57.8 Å². The molecule has 0 heteroatoms. The van der Waals surface area contributed by atoms with E-state index in [1.807, 2.05) is 0 Å². The van der Waals surface area contributed by atoms with E-state index in [1.165, 1.54) is 55.6 Å². The summed E-state index contributed by atoms with van der Waals surface area (Å²) in [7, 11) is 0. The van der Waals surface area contributed by atoms with E-state index in [9.17, 15) is 0 Å². The van der Waals surface area contributed by atoms with E-state index in [4.69, 9.17) is 0 Å². The smallest absolute Gasteiger partial charge is 0.00612 e. The average molecular weight is 585 g/mol. The first kappa shape index (κ1) is 30.4. The van der Waals surface area contributed by atoms with Gasteiger partial charge in [-0.05, 0) is 62.1 Å². The van der Waals surface area contributed by atoms with Crippen LogP contribution in [0.2, 0.25) is 0 Å². The maximum absolute atomic E-state index is 2.45. The van der Waals surface area contributed by atoms with Crippen molar-refractivity contribution >= 4 is 0 Å². The Hall–Kier alpha value is -4.68. The summed E-state index contributed by atoms with van der Waals surface area (Å²) in [5, 5.41) is 0. The van der Waals surface area contributed by atoms with Crippen LogP contribution in [-0.2, 0) is 6.42 Å². The Morgan fingerprint density at radius 2 is 0.511 bits per heavy atom. The highest BCUT2D eigenvalue weighted by Gasteiger charge is 2.18. The molecule has 4 unspecified atom stereocenters. The topological polar surface area (TPSA) is 0 Å². The van der Waals surface area contributed by atoms with E-state index in [0.29, 0.717) is 23.7 Å². The third-order valence-electron chi connectivity index (χ3n) is 9.68. The zero-order valence-electron chi connectivity index (χ0n) is 27.0. The number of benzene rings is 6. The minimum Gasteiger partial charge on any atom is -0.0622 e. The molecule has 224 valence electrons. The lowest BCUT2D eigenvalue weighted by Gasteiger charge is -2.21. The summed E-state index contributed by atoms with van der Waals surface area (Å²) in [6.07, 6.45) is 0.897. The average Bonchev–Trinajstić information content (AvgIpc) is 3.11. The largest absolute Gasteiger partial charge is 0.0622 e. The van der Waals surface area contributed by atoms with Gasteiger partial charge in [0.15, 0.2) is 0 Å². The normalized spacial score (nSPS) is 14.0. The molecule has 6 aromatic carbocycles. The van der Waals surface area contributed by atoms with Crippen LogP contribution in [0.15, 0.2) is 158 Å². The van der Waals surface area contributed by atoms with Gasteiger partial charge in [0, 0.05) is 23.7 Å². The van der Waals surface area contributed by atoms with Crippen molar-refractivity contribution < 1.29 is 0 Å². The zero-order valence-corrected chi connectivity index (χ0v) is 27.0. The SMILES string of the molecule is CC(c1ccccc1)c1cc(Cc2cc(C(C)c3ccccc3)cc(C(C)c3ccccc3)c2)cc(C(C)c2ccccc2)c1. The lowest BCUT2D eigenvalue weighted by Crippen LogP contribution is -2.05. The Labute approximate surface area is 270 Å². The van der Waals surface area contributed by atoms with Crippen molar-refractivity contribution in [2.24, 2.45) is 0 Å². The Balaban J connectivity index is 1.43. The quantitative estimate of drug-likeness (QED) is 0.150. The van der Waals surface area contributed by atoms with E-state index >= 15 is 0 Å². The van der Waals surface area contributed by atoms with Gasteiger partial charge in [0.2, 0.25) is 0 Å². The van der Waals surface area contributed by atoms with Gasteiger partial charge in [0.05, 0.1) is 0 Å². The fraction of sp³-hybridized carbons (Fsp3) is 0.200. The molecule has 0 aromatic heterocycles. The molecule has 0 bridgehead atoms. The van der Waals surface area contributed by atoms with Gasteiger partial charge >= 0.3 is 0 Å². The van der Waals surface area contributed by atoms with Gasteiger partial charge in [0.1, 0.15) is 0 Å². The molecule has 45 heavy (non-hydrogen) atoms. The molecular weight excluding hydrogens is 540 g/mol. The van der Waals surface area contributed by atoms with Crippen LogP contribution in [0.3, 0.4) is 0 Å². The number of hydrogen-bond acceptors (Lipinski definition) is 0. The van der Waals surface area contributed by atoms with Crippen molar-refractivity contribution in [1.29, 1.82) is 0 Å². The van der Waals surface area contributed by atoms with Crippen LogP contribution in [0, 0.1) is 0 Å². The lowest BCUT2D eigenvalue weighted by atomic mass is 9.83. The maximum Gasteiger partial charge on any atom is 0.00612 e. The van der Waals surface area contributed by atoms with Gasteiger partial charge < -0.3 is 0 Å². The Kier molecular flexibility index (Phi) is 9.41. The molecule has 6 rings (SSSR count). The molecule has 6 aromatic rings. The molecule has 0 saturated carbocycles. The van der Waals surface area contributed by atoms with Crippen LogP contribution in [-0.4, -0.2) is 0 Å². The van der Waals surface area contributed by atoms with Crippen LogP contribution < -0.4 is 0 Å². The molecule has 0 amide bonds. The van der Waals surface area contributed by atoms with E-state index < -0.39 is 0 Å². The van der Waals surface area contributed by atoms with E-state index in [-0.39, 0.29) is 0 Å². The minimum absolute atomic E-state index is 0.311. The summed E-state index contributed by atoms with van der Waals surface area (Å²) >= 11 is 0. The van der Waals surface area contributed by atoms with Crippen molar-refractivity contribution in [3.63, 3.8) is 0 Å². The minimum atomic E-state index is 0.311. The fourth-order valence-electron chi connectivity index (χ4n) is 6.67. The number of rotatable bonds is 10. The van der Waals surface area contributed by atoms with E-state index in [0.717, 1.165) is 6.42 Å². The van der Waals surface area contributed by atoms with Crippen LogP contribution in [0.5, 0.6) is 0 Å². The van der Waals surface area contributed by atoms with Crippen molar-refractivity contribution in [3.8, 4) is 0 Å². The van der Waals surface area contributed by atoms with E-state index in [1.54, 1.807) is 0 Å². The van der Waals surface area contributed by atoms with Crippen molar-refractivity contribution in [2.75, 3.05) is 0 Å². The van der Waals surface area contributed by atoms with Gasteiger partial charge in [-0.1, -0.05) is 185 Å². The molecule has 0 aliphatic carbocycles. The lowest BCUT2D eigenvalue weighted by molar-refractivity contribution is 0.872. The van der Waals surface area contributed by atoms with Crippen LogP contribution in [0.1, 0.15) is 107 Å². The van der Waals surface area contributed by atoms with Crippen LogP contribution >= 0.6 is 0 Å². The summed E-state index contributed by atoms with van der Waals surface area (Å²) < 4.78 is 0. The molecule has 0 N–H and O–H groups in total. The summed E-state index contributed by atoms with van der Waals surface area (Å²) in [4.78, 5) is 0. The second-order valence-corrected chi connectivity index (χ2v) is 12.7. The fourth-order valence-corrected chi connectivity index (χ4v) is 6.67. The van der Waals surface area contributed by atoms with Gasteiger partial charge in [-0.25, -0.2) is 0 Å². The first-order chi connectivity index (χ1) is 22.0. The molecule has 0 aliphatic rings. The molecule has 0 radical (unpaired) electrons. The first-order valence-electron chi connectivity index (χ1n) is 16.4. The highest BCUT2D eigenvalue weighted by Crippen LogP contribution is 2.34. The van der Waals surface area contributed by atoms with Crippen LogP contribution in [0.4, 0.5) is 0 Å². The predicted octanol–water partition coefficient (Wildman–Crippen LogP) is 11.9. The van der Waals surface area contributed by atoms with Crippen LogP contribution in [0.25, 0.3) is 0 Å². The molecule has 0 nitrogen and oxygen atoms in total. The van der Waals surface area contributed by atoms with Gasteiger partial charge in [-0.3, -0.25) is 0 Å². The highest BCUT2D eigenvalue weighted by molar-refractivity contribution is 5.46. The zero-order chi connectivity index (χ0) is 31.2. The molecule has 4 atom stereocenters. The molecular formula is C45H44. The highest BCUT2D eigenvalue weighted by atomic mass is 14.2. The second-order valence-electron chi connectivity index (χ2n) is 12.7. The predicted molar refractivity (Wildman–Crippen MR) is 192 cm³/mol. The number of hydrogen-bond donors (Lipinski definition) is 0. The Morgan fingerprint density at radius 1 is 0.289 bits per heavy atom. The summed E-state index contributed by atoms with van der Waals surface area (Å²) in [5.74, 6) is 1.24. The summed E-state index contributed by atoms with van der Waals surface area (Å²) in [6.45, 7) is 9.36. The van der Waals surface area contributed by atoms with Crippen molar-refractivity contribution in [1.82, 2.24) is 0 Å². The van der Waals surface area contributed by atoms with Gasteiger partial charge in [-0.2, -0.15) is 0 Å². The first-order valence-corrected chi connectivity index (χ1v) is 16.4. The Morgan fingerprint density at radius 3 is 0.733 bits per heavy atom. The molecule has 0 aliphatic heterocycles. The van der Waals surface area contributed by atoms with Crippen molar-refractivity contribution in [3.05, 3.63) is 213 Å². The second kappa shape index (κ2) is 14.0. The maximum atomic E-state index is 2.45. The molecule has 0 fully saturated rings. The van der Waals surface area contributed by atoms with Gasteiger partial charge in [0.25, 0.3) is 0 Å². The summed E-state index contributed by atoms with van der Waals surface area (Å²) in [6, 6.07) is 58.3. The standard InChI is InChI=1S/C45H44/c1-32(38-17-9-5-10-18-38)42-26-36(27-43(30-42)33(2)39-19-11-6-12-20-39)25-37-28-44(34(3)40-21-13-7-14-22-40)31-45(29-37)35(4)41-23-15-8-16-24-41/h5-24,26-35H,25H2,1-4H3. The van der Waals surface area contributed by atoms with Gasteiger partial charge in [-0.15, -0.1) is 0 Å². The Bertz CT molecular complexity index is 1540. The van der Waals surface area contributed by atoms with E-state index in [2.05, 4.69) is 185 Å². The third-order valence-corrected chi connectivity index (χ3v) is 9.68. The molecule has 0 saturated heterocycles. The molecule has 0 spiro atoms. The third kappa shape index (κ3) is 7.18. The monoisotopic (exact) mass is 584 g/mol. The summed E-state index contributed by atoms with van der Waals surface area (Å²) in [5.41, 5.74) is 13.7.